The van der Waals surface area contributed by atoms with E-state index in [-0.39, 0.29) is 23.8 Å². The molecule has 1 heterocycles. The van der Waals surface area contributed by atoms with Gasteiger partial charge >= 0.3 is 5.97 Å². The Kier molecular flexibility index (Phi) is 4.75. The minimum absolute atomic E-state index is 0.00217. The van der Waals surface area contributed by atoms with Crippen LogP contribution in [0.15, 0.2) is 0 Å². The van der Waals surface area contributed by atoms with E-state index in [1.165, 1.54) is 16.7 Å². The van der Waals surface area contributed by atoms with Crippen LogP contribution in [0, 0.1) is 5.41 Å². The molecule has 0 spiro atoms. The standard InChI is InChI=1S/C15H24N2O4S/c1-14(2,3)16-12(19)10-8-22-9-17(10)11(18)7-15(13(20)21)5-4-6-15/h10H,4-9H2,1-3H3,(H,16,19)(H,20,21). The Hall–Kier alpha value is -1.24. The van der Waals surface area contributed by atoms with Crippen LogP contribution in [0.25, 0.3) is 0 Å². The molecule has 0 aromatic heterocycles. The molecule has 0 radical (unpaired) electrons. The van der Waals surface area contributed by atoms with Crippen LogP contribution < -0.4 is 5.32 Å². The van der Waals surface area contributed by atoms with Crippen molar-refractivity contribution in [1.29, 1.82) is 0 Å². The lowest BCUT2D eigenvalue weighted by Gasteiger charge is -2.38. The molecule has 0 bridgehead atoms. The number of carbonyl (C=O) groups excluding carboxylic acids is 2. The number of aliphatic carboxylic acids is 1. The molecule has 2 aliphatic rings. The third-order valence-corrected chi connectivity index (χ3v) is 5.27. The molecule has 0 aromatic rings. The van der Waals surface area contributed by atoms with Crippen LogP contribution >= 0.6 is 11.8 Å². The summed E-state index contributed by atoms with van der Waals surface area (Å²) in [4.78, 5) is 37.8. The van der Waals surface area contributed by atoms with Gasteiger partial charge in [-0.05, 0) is 33.6 Å². The number of rotatable bonds is 4. The number of carbonyl (C=O) groups is 3. The number of nitrogens with one attached hydrogen (secondary N) is 1. The van der Waals surface area contributed by atoms with E-state index in [1.807, 2.05) is 20.8 Å². The lowest BCUT2D eigenvalue weighted by Crippen LogP contribution is -2.53. The van der Waals surface area contributed by atoms with E-state index in [2.05, 4.69) is 5.32 Å². The van der Waals surface area contributed by atoms with E-state index in [0.29, 0.717) is 24.5 Å². The Labute approximate surface area is 135 Å². The van der Waals surface area contributed by atoms with Crippen LogP contribution in [0.3, 0.4) is 0 Å². The lowest BCUT2D eigenvalue weighted by molar-refractivity contribution is -0.160. The molecule has 1 saturated carbocycles. The smallest absolute Gasteiger partial charge is 0.310 e. The summed E-state index contributed by atoms with van der Waals surface area (Å²) in [5.74, 6) is -0.260. The molecule has 2 N–H and O–H groups in total. The van der Waals surface area contributed by atoms with Crippen LogP contribution in [0.2, 0.25) is 0 Å². The van der Waals surface area contributed by atoms with Crippen LogP contribution in [0.5, 0.6) is 0 Å². The second-order valence-electron chi connectivity index (χ2n) is 7.23. The average molecular weight is 328 g/mol. The van der Waals surface area contributed by atoms with Crippen molar-refractivity contribution in [1.82, 2.24) is 10.2 Å². The second kappa shape index (κ2) is 6.10. The van der Waals surface area contributed by atoms with E-state index < -0.39 is 17.4 Å². The van der Waals surface area contributed by atoms with Crippen molar-refractivity contribution < 1.29 is 19.5 Å². The van der Waals surface area contributed by atoms with Crippen LogP contribution in [0.1, 0.15) is 46.5 Å². The highest BCUT2D eigenvalue weighted by molar-refractivity contribution is 7.99. The predicted octanol–water partition coefficient (Wildman–Crippen LogP) is 1.45. The highest BCUT2D eigenvalue weighted by Crippen LogP contribution is 2.45. The maximum absolute atomic E-state index is 12.5. The van der Waals surface area contributed by atoms with Gasteiger partial charge in [-0.2, -0.15) is 0 Å². The Balaban J connectivity index is 2.02. The number of carboxylic acids is 1. The lowest BCUT2D eigenvalue weighted by atomic mass is 9.66. The summed E-state index contributed by atoms with van der Waals surface area (Å²) < 4.78 is 0. The Morgan fingerprint density at radius 3 is 2.41 bits per heavy atom. The van der Waals surface area contributed by atoms with Gasteiger partial charge in [-0.1, -0.05) is 6.42 Å². The van der Waals surface area contributed by atoms with Gasteiger partial charge in [0.2, 0.25) is 11.8 Å². The molecular formula is C15H24N2O4S. The quantitative estimate of drug-likeness (QED) is 0.815. The normalized spacial score (nSPS) is 23.8. The van der Waals surface area contributed by atoms with Gasteiger partial charge in [0.1, 0.15) is 6.04 Å². The average Bonchev–Trinajstić information content (AvgIpc) is 2.79. The Morgan fingerprint density at radius 2 is 1.95 bits per heavy atom. The van der Waals surface area contributed by atoms with Gasteiger partial charge in [0.25, 0.3) is 0 Å². The zero-order chi connectivity index (χ0) is 16.5. The fraction of sp³-hybridized carbons (Fsp3) is 0.800. The summed E-state index contributed by atoms with van der Waals surface area (Å²) in [6.07, 6.45) is 1.95. The van der Waals surface area contributed by atoms with Crippen molar-refractivity contribution in [2.24, 2.45) is 5.41 Å². The topological polar surface area (TPSA) is 86.7 Å². The molecule has 1 saturated heterocycles. The first-order chi connectivity index (χ1) is 10.1. The highest BCUT2D eigenvalue weighted by Gasteiger charge is 2.48. The summed E-state index contributed by atoms with van der Waals surface area (Å²) in [5, 5.41) is 12.2. The highest BCUT2D eigenvalue weighted by atomic mass is 32.2. The third-order valence-electron chi connectivity index (χ3n) is 4.26. The molecule has 2 rings (SSSR count). The Bertz CT molecular complexity index is 482. The molecule has 7 heteroatoms. The first kappa shape index (κ1) is 17.1. The molecule has 1 aliphatic carbocycles. The molecule has 1 atom stereocenters. The van der Waals surface area contributed by atoms with Crippen LogP contribution in [-0.4, -0.2) is 51.0 Å². The molecular weight excluding hydrogens is 304 g/mol. The Morgan fingerprint density at radius 1 is 1.32 bits per heavy atom. The van der Waals surface area contributed by atoms with Crippen molar-refractivity contribution in [2.75, 3.05) is 11.6 Å². The van der Waals surface area contributed by atoms with E-state index in [1.54, 1.807) is 0 Å². The van der Waals surface area contributed by atoms with Gasteiger partial charge in [0.15, 0.2) is 0 Å². The summed E-state index contributed by atoms with van der Waals surface area (Å²) >= 11 is 1.53. The summed E-state index contributed by atoms with van der Waals surface area (Å²) in [7, 11) is 0. The first-order valence-electron chi connectivity index (χ1n) is 7.57. The number of hydrogen-bond acceptors (Lipinski definition) is 4. The van der Waals surface area contributed by atoms with Gasteiger partial charge < -0.3 is 15.3 Å². The first-order valence-corrected chi connectivity index (χ1v) is 8.73. The fourth-order valence-electron chi connectivity index (χ4n) is 2.82. The molecule has 6 nitrogen and oxygen atoms in total. The van der Waals surface area contributed by atoms with Gasteiger partial charge in [-0.25, -0.2) is 0 Å². The van der Waals surface area contributed by atoms with E-state index >= 15 is 0 Å². The molecule has 0 aromatic carbocycles. The molecule has 2 fully saturated rings. The second-order valence-corrected chi connectivity index (χ2v) is 8.23. The SMILES string of the molecule is CC(C)(C)NC(=O)C1CSCN1C(=O)CC1(C(=O)O)CCC1. The molecule has 1 unspecified atom stereocenters. The number of hydrogen-bond donors (Lipinski definition) is 2. The minimum atomic E-state index is -0.907. The van der Waals surface area contributed by atoms with Gasteiger partial charge in [-0.15, -0.1) is 11.8 Å². The summed E-state index contributed by atoms with van der Waals surface area (Å²) in [5.41, 5.74) is -1.26. The van der Waals surface area contributed by atoms with Crippen molar-refractivity contribution in [2.45, 2.75) is 58.0 Å². The van der Waals surface area contributed by atoms with Gasteiger partial charge in [0.05, 0.1) is 11.3 Å². The van der Waals surface area contributed by atoms with Crippen molar-refractivity contribution in [3.05, 3.63) is 0 Å². The van der Waals surface area contributed by atoms with E-state index in [4.69, 9.17) is 0 Å². The number of amides is 2. The van der Waals surface area contributed by atoms with Crippen molar-refractivity contribution in [3.63, 3.8) is 0 Å². The number of nitrogens with zero attached hydrogens (tertiary/aromatic N) is 1. The fourth-order valence-corrected chi connectivity index (χ4v) is 4.00. The maximum Gasteiger partial charge on any atom is 0.310 e. The molecule has 1 aliphatic heterocycles. The van der Waals surface area contributed by atoms with Crippen LogP contribution in [0.4, 0.5) is 0 Å². The van der Waals surface area contributed by atoms with Crippen molar-refractivity contribution in [3.8, 4) is 0 Å². The number of thioether (sulfide) groups is 1. The van der Waals surface area contributed by atoms with Gasteiger partial charge in [0, 0.05) is 17.7 Å². The zero-order valence-electron chi connectivity index (χ0n) is 13.3. The molecule has 124 valence electrons. The van der Waals surface area contributed by atoms with E-state index in [9.17, 15) is 19.5 Å². The van der Waals surface area contributed by atoms with Crippen molar-refractivity contribution >= 4 is 29.5 Å². The number of carboxylic acid groups (broad SMARTS) is 1. The van der Waals surface area contributed by atoms with E-state index in [0.717, 1.165) is 6.42 Å². The minimum Gasteiger partial charge on any atom is -0.481 e. The summed E-state index contributed by atoms with van der Waals surface area (Å²) in [6, 6.07) is -0.498. The molecule has 22 heavy (non-hydrogen) atoms. The third kappa shape index (κ3) is 3.56. The largest absolute Gasteiger partial charge is 0.481 e. The molecule has 2 amide bonds. The van der Waals surface area contributed by atoms with Gasteiger partial charge in [-0.3, -0.25) is 14.4 Å². The summed E-state index contributed by atoms with van der Waals surface area (Å²) in [6.45, 7) is 5.69. The zero-order valence-corrected chi connectivity index (χ0v) is 14.2. The monoisotopic (exact) mass is 328 g/mol. The van der Waals surface area contributed by atoms with Crippen LogP contribution in [-0.2, 0) is 14.4 Å². The maximum atomic E-state index is 12.5. The predicted molar refractivity (Wildman–Crippen MR) is 84.4 cm³/mol.